The standard InChI is InChI=1S/C20H19ClN2O/c1-13(14-5-3-2-4-6-14)23-19(24)20(9-10-20)17-12-22-18-8-7-15(21)11-16(17)18/h2-8,11-13,22H,9-10H2,1H3,(H,23,24). The first kappa shape index (κ1) is 15.3. The first-order chi connectivity index (χ1) is 11.6. The zero-order chi connectivity index (χ0) is 16.7. The molecule has 1 aliphatic rings. The van der Waals surface area contributed by atoms with Crippen LogP contribution in [0.2, 0.25) is 5.02 Å². The molecular weight excluding hydrogens is 320 g/mol. The Hall–Kier alpha value is -2.26. The van der Waals surface area contributed by atoms with Gasteiger partial charge in [-0.15, -0.1) is 0 Å². The van der Waals surface area contributed by atoms with E-state index >= 15 is 0 Å². The number of hydrogen-bond donors (Lipinski definition) is 2. The number of hydrogen-bond acceptors (Lipinski definition) is 1. The Kier molecular flexibility index (Phi) is 3.61. The normalized spacial score (nSPS) is 16.8. The quantitative estimate of drug-likeness (QED) is 0.709. The van der Waals surface area contributed by atoms with Gasteiger partial charge < -0.3 is 10.3 Å². The molecule has 1 fully saturated rings. The molecule has 0 aliphatic heterocycles. The minimum atomic E-state index is -0.425. The van der Waals surface area contributed by atoms with E-state index in [0.717, 1.165) is 34.9 Å². The van der Waals surface area contributed by atoms with E-state index in [4.69, 9.17) is 11.6 Å². The molecule has 1 aliphatic carbocycles. The number of rotatable bonds is 4. The van der Waals surface area contributed by atoms with Gasteiger partial charge in [0, 0.05) is 22.1 Å². The highest BCUT2D eigenvalue weighted by molar-refractivity contribution is 6.31. The number of halogens is 1. The predicted molar refractivity (Wildman–Crippen MR) is 97.2 cm³/mol. The number of H-pyrrole nitrogens is 1. The van der Waals surface area contributed by atoms with Crippen LogP contribution >= 0.6 is 11.6 Å². The van der Waals surface area contributed by atoms with Gasteiger partial charge in [0.2, 0.25) is 5.91 Å². The van der Waals surface area contributed by atoms with E-state index in [2.05, 4.69) is 10.3 Å². The second-order valence-corrected chi connectivity index (χ2v) is 7.02. The molecule has 1 saturated carbocycles. The van der Waals surface area contributed by atoms with Crippen LogP contribution in [0.1, 0.15) is 36.9 Å². The maximum atomic E-state index is 13.0. The molecule has 24 heavy (non-hydrogen) atoms. The minimum Gasteiger partial charge on any atom is -0.361 e. The van der Waals surface area contributed by atoms with E-state index < -0.39 is 5.41 Å². The monoisotopic (exact) mass is 338 g/mol. The molecule has 4 heteroatoms. The molecule has 0 saturated heterocycles. The van der Waals surface area contributed by atoms with Gasteiger partial charge in [-0.25, -0.2) is 0 Å². The van der Waals surface area contributed by atoms with Crippen LogP contribution in [-0.4, -0.2) is 10.9 Å². The Morgan fingerprint density at radius 1 is 1.21 bits per heavy atom. The van der Waals surface area contributed by atoms with Gasteiger partial charge in [-0.2, -0.15) is 0 Å². The minimum absolute atomic E-state index is 0.00929. The van der Waals surface area contributed by atoms with E-state index in [1.54, 1.807) is 0 Å². The molecule has 2 aromatic carbocycles. The van der Waals surface area contributed by atoms with Gasteiger partial charge in [-0.3, -0.25) is 4.79 Å². The maximum absolute atomic E-state index is 13.0. The third kappa shape index (κ3) is 2.49. The van der Waals surface area contributed by atoms with Crippen molar-refractivity contribution in [3.8, 4) is 0 Å². The van der Waals surface area contributed by atoms with Crippen molar-refractivity contribution >= 4 is 28.4 Å². The second-order valence-electron chi connectivity index (χ2n) is 6.58. The molecule has 4 rings (SSSR count). The van der Waals surface area contributed by atoms with E-state index in [1.807, 2.05) is 61.7 Å². The predicted octanol–water partition coefficient (Wildman–Crippen LogP) is 4.73. The molecule has 3 nitrogen and oxygen atoms in total. The van der Waals surface area contributed by atoms with Crippen LogP contribution in [0.3, 0.4) is 0 Å². The summed E-state index contributed by atoms with van der Waals surface area (Å²) in [5, 5.41) is 4.92. The molecule has 1 unspecified atom stereocenters. The molecule has 0 radical (unpaired) electrons. The van der Waals surface area contributed by atoms with Crippen molar-refractivity contribution in [3.63, 3.8) is 0 Å². The van der Waals surface area contributed by atoms with Gasteiger partial charge in [0.25, 0.3) is 0 Å². The second kappa shape index (κ2) is 5.67. The first-order valence-corrected chi connectivity index (χ1v) is 8.61. The Balaban J connectivity index is 1.63. The van der Waals surface area contributed by atoms with Crippen LogP contribution in [0.25, 0.3) is 10.9 Å². The van der Waals surface area contributed by atoms with Crippen LogP contribution in [0.4, 0.5) is 0 Å². The summed E-state index contributed by atoms with van der Waals surface area (Å²) in [5.74, 6) is 0.0970. The molecule has 1 atom stereocenters. The average Bonchev–Trinajstić information content (AvgIpc) is 3.30. The summed E-state index contributed by atoms with van der Waals surface area (Å²) in [7, 11) is 0. The third-order valence-electron chi connectivity index (χ3n) is 4.99. The topological polar surface area (TPSA) is 44.9 Å². The average molecular weight is 339 g/mol. The van der Waals surface area contributed by atoms with E-state index in [-0.39, 0.29) is 11.9 Å². The number of amides is 1. The van der Waals surface area contributed by atoms with Crippen molar-refractivity contribution in [1.82, 2.24) is 10.3 Å². The maximum Gasteiger partial charge on any atom is 0.231 e. The fourth-order valence-corrected chi connectivity index (χ4v) is 3.56. The van der Waals surface area contributed by atoms with Crippen molar-refractivity contribution < 1.29 is 4.79 Å². The summed E-state index contributed by atoms with van der Waals surface area (Å²) in [4.78, 5) is 16.2. The fourth-order valence-electron chi connectivity index (χ4n) is 3.39. The lowest BCUT2D eigenvalue weighted by molar-refractivity contribution is -0.124. The summed E-state index contributed by atoms with van der Waals surface area (Å²) in [6.07, 6.45) is 3.71. The number of carbonyl (C=O) groups excluding carboxylic acids is 1. The van der Waals surface area contributed by atoms with Gasteiger partial charge in [0.15, 0.2) is 0 Å². The molecule has 1 aromatic heterocycles. The Morgan fingerprint density at radius 3 is 2.67 bits per heavy atom. The van der Waals surface area contributed by atoms with E-state index in [1.165, 1.54) is 0 Å². The van der Waals surface area contributed by atoms with Crippen LogP contribution in [0, 0.1) is 0 Å². The fraction of sp³-hybridized carbons (Fsp3) is 0.250. The molecule has 2 N–H and O–H groups in total. The molecule has 0 spiro atoms. The van der Waals surface area contributed by atoms with Crippen LogP contribution in [0.5, 0.6) is 0 Å². The molecule has 1 amide bonds. The van der Waals surface area contributed by atoms with Crippen LogP contribution in [-0.2, 0) is 10.2 Å². The Labute approximate surface area is 146 Å². The van der Waals surface area contributed by atoms with E-state index in [9.17, 15) is 4.79 Å². The first-order valence-electron chi connectivity index (χ1n) is 8.23. The smallest absolute Gasteiger partial charge is 0.231 e. The molecule has 122 valence electrons. The highest BCUT2D eigenvalue weighted by atomic mass is 35.5. The molecule has 1 heterocycles. The third-order valence-corrected chi connectivity index (χ3v) is 5.23. The Bertz CT molecular complexity index is 896. The van der Waals surface area contributed by atoms with Gasteiger partial charge in [-0.1, -0.05) is 41.9 Å². The van der Waals surface area contributed by atoms with Crippen molar-refractivity contribution in [1.29, 1.82) is 0 Å². The number of aromatic amines is 1. The summed E-state index contributed by atoms with van der Waals surface area (Å²) in [5.41, 5.74) is 2.76. The lowest BCUT2D eigenvalue weighted by Crippen LogP contribution is -2.36. The van der Waals surface area contributed by atoms with Crippen molar-refractivity contribution in [2.45, 2.75) is 31.2 Å². The van der Waals surface area contributed by atoms with Gasteiger partial charge in [0.1, 0.15) is 0 Å². The van der Waals surface area contributed by atoms with E-state index in [0.29, 0.717) is 5.02 Å². The lowest BCUT2D eigenvalue weighted by Gasteiger charge is -2.20. The number of fused-ring (bicyclic) bond motifs is 1. The molecular formula is C20H19ClN2O. The lowest BCUT2D eigenvalue weighted by atomic mass is 9.93. The molecule has 0 bridgehead atoms. The SMILES string of the molecule is CC(NC(=O)C1(c2c[nH]c3ccc(Cl)cc23)CC1)c1ccccc1. The highest BCUT2D eigenvalue weighted by Gasteiger charge is 2.52. The Morgan fingerprint density at radius 2 is 1.96 bits per heavy atom. The van der Waals surface area contributed by atoms with Crippen molar-refractivity contribution in [2.75, 3.05) is 0 Å². The number of benzene rings is 2. The summed E-state index contributed by atoms with van der Waals surface area (Å²) >= 11 is 6.15. The van der Waals surface area contributed by atoms with Crippen molar-refractivity contribution in [2.24, 2.45) is 0 Å². The van der Waals surface area contributed by atoms with Gasteiger partial charge in [0.05, 0.1) is 11.5 Å². The number of aromatic nitrogens is 1. The van der Waals surface area contributed by atoms with Crippen molar-refractivity contribution in [3.05, 3.63) is 70.9 Å². The van der Waals surface area contributed by atoms with Crippen LogP contribution < -0.4 is 5.32 Å². The number of nitrogens with one attached hydrogen (secondary N) is 2. The summed E-state index contributed by atoms with van der Waals surface area (Å²) < 4.78 is 0. The zero-order valence-electron chi connectivity index (χ0n) is 13.5. The van der Waals surface area contributed by atoms with Gasteiger partial charge in [-0.05, 0) is 49.1 Å². The summed E-state index contributed by atoms with van der Waals surface area (Å²) in [6.45, 7) is 2.02. The molecule has 3 aromatic rings. The zero-order valence-corrected chi connectivity index (χ0v) is 14.2. The van der Waals surface area contributed by atoms with Crippen LogP contribution in [0.15, 0.2) is 54.7 Å². The number of carbonyl (C=O) groups is 1. The van der Waals surface area contributed by atoms with Gasteiger partial charge >= 0.3 is 0 Å². The summed E-state index contributed by atoms with van der Waals surface area (Å²) in [6, 6.07) is 15.8. The highest BCUT2D eigenvalue weighted by Crippen LogP contribution is 2.51. The largest absolute Gasteiger partial charge is 0.361 e.